The van der Waals surface area contributed by atoms with E-state index < -0.39 is 10.3 Å². The van der Waals surface area contributed by atoms with Crippen LogP contribution in [-0.4, -0.2) is 16.9 Å². The molecule has 1 aromatic carbocycles. The van der Waals surface area contributed by atoms with Gasteiger partial charge in [-0.2, -0.15) is 5.26 Å². The Kier molecular flexibility index (Phi) is 4.35. The summed E-state index contributed by atoms with van der Waals surface area (Å²) in [5.41, 5.74) is -0.137. The normalized spacial score (nSPS) is 11.6. The molecular weight excluding hydrogens is 255 g/mol. The smallest absolute Gasteiger partial charge is 0.273 e. The van der Waals surface area contributed by atoms with Crippen molar-refractivity contribution in [2.45, 2.75) is 5.38 Å². The fraction of sp³-hybridized carbons (Fsp3) is 0.222. The van der Waals surface area contributed by atoms with Crippen LogP contribution in [0.25, 0.3) is 0 Å². The minimum absolute atomic E-state index is 0.0844. The van der Waals surface area contributed by atoms with E-state index in [1.165, 1.54) is 18.2 Å². The number of hydrogen-bond donors (Lipinski definition) is 0. The van der Waals surface area contributed by atoms with Crippen molar-refractivity contribution >= 4 is 28.9 Å². The van der Waals surface area contributed by atoms with E-state index in [1.807, 2.05) is 0 Å². The van der Waals surface area contributed by atoms with Crippen LogP contribution in [0.1, 0.15) is 0 Å². The number of nitro benzene ring substituents is 1. The van der Waals surface area contributed by atoms with Crippen LogP contribution in [-0.2, 0) is 0 Å². The Morgan fingerprint density at radius 2 is 2.31 bits per heavy atom. The number of nitro groups is 1. The number of ether oxygens (including phenoxy) is 1. The molecule has 16 heavy (non-hydrogen) atoms. The quantitative estimate of drug-likeness (QED) is 0.474. The zero-order valence-electron chi connectivity index (χ0n) is 7.89. The molecule has 1 unspecified atom stereocenters. The molecule has 0 saturated heterocycles. The highest BCUT2D eigenvalue weighted by Crippen LogP contribution is 2.29. The van der Waals surface area contributed by atoms with Gasteiger partial charge in [-0.3, -0.25) is 10.1 Å². The summed E-state index contributed by atoms with van der Waals surface area (Å²) in [6.45, 7) is -0.0844. The van der Waals surface area contributed by atoms with Crippen LogP contribution < -0.4 is 4.74 Å². The number of hydrogen-bond acceptors (Lipinski definition) is 4. The molecule has 0 amide bonds. The summed E-state index contributed by atoms with van der Waals surface area (Å²) in [4.78, 5) is 9.92. The van der Waals surface area contributed by atoms with Crippen molar-refractivity contribution in [2.24, 2.45) is 0 Å². The van der Waals surface area contributed by atoms with Crippen LogP contribution in [0, 0.1) is 21.4 Å². The first kappa shape index (κ1) is 12.6. The highest BCUT2D eigenvalue weighted by Gasteiger charge is 2.12. The summed E-state index contributed by atoms with van der Waals surface area (Å²) in [7, 11) is 0. The summed E-state index contributed by atoms with van der Waals surface area (Å²) in [6.07, 6.45) is 0. The van der Waals surface area contributed by atoms with Gasteiger partial charge in [0, 0.05) is 6.07 Å². The van der Waals surface area contributed by atoms with Crippen LogP contribution >= 0.6 is 23.2 Å². The minimum atomic E-state index is -0.824. The highest BCUT2D eigenvalue weighted by molar-refractivity contribution is 6.32. The molecule has 0 bridgehead atoms. The molecule has 0 aliphatic carbocycles. The molecule has 0 heterocycles. The van der Waals surface area contributed by atoms with Gasteiger partial charge in [-0.15, -0.1) is 11.6 Å². The molecule has 0 aliphatic rings. The van der Waals surface area contributed by atoms with Gasteiger partial charge in [0.25, 0.3) is 5.69 Å². The van der Waals surface area contributed by atoms with Gasteiger partial charge in [-0.1, -0.05) is 11.6 Å². The Morgan fingerprint density at radius 3 is 2.88 bits per heavy atom. The average molecular weight is 261 g/mol. The van der Waals surface area contributed by atoms with Crippen molar-refractivity contribution in [2.75, 3.05) is 6.61 Å². The molecule has 0 fully saturated rings. The fourth-order valence-corrected chi connectivity index (χ4v) is 1.15. The van der Waals surface area contributed by atoms with Crippen LogP contribution in [0.2, 0.25) is 5.02 Å². The van der Waals surface area contributed by atoms with E-state index in [0.29, 0.717) is 0 Å². The Labute approximate surface area is 101 Å². The maximum atomic E-state index is 10.5. The van der Waals surface area contributed by atoms with Gasteiger partial charge in [-0.05, 0) is 6.07 Å². The number of rotatable bonds is 4. The van der Waals surface area contributed by atoms with E-state index >= 15 is 0 Å². The third-order valence-corrected chi connectivity index (χ3v) is 2.19. The van der Waals surface area contributed by atoms with Gasteiger partial charge < -0.3 is 4.74 Å². The molecule has 1 aromatic rings. The molecule has 84 valence electrons. The lowest BCUT2D eigenvalue weighted by Crippen LogP contribution is -2.09. The van der Waals surface area contributed by atoms with Gasteiger partial charge >= 0.3 is 0 Å². The first-order valence-corrected chi connectivity index (χ1v) is 4.96. The lowest BCUT2D eigenvalue weighted by atomic mass is 10.3. The van der Waals surface area contributed by atoms with Crippen molar-refractivity contribution in [3.8, 4) is 11.8 Å². The van der Waals surface area contributed by atoms with Gasteiger partial charge in [0.1, 0.15) is 12.4 Å². The second kappa shape index (κ2) is 5.54. The summed E-state index contributed by atoms with van der Waals surface area (Å²) >= 11 is 11.3. The molecule has 0 N–H and O–H groups in total. The topological polar surface area (TPSA) is 76.2 Å². The molecule has 0 aliphatic heterocycles. The Hall–Kier alpha value is -1.51. The molecule has 1 rings (SSSR count). The van der Waals surface area contributed by atoms with Crippen molar-refractivity contribution in [1.82, 2.24) is 0 Å². The number of nitrogens with zero attached hydrogens (tertiary/aromatic N) is 2. The van der Waals surface area contributed by atoms with E-state index in [4.69, 9.17) is 33.2 Å². The third kappa shape index (κ3) is 3.26. The van der Waals surface area contributed by atoms with Crippen molar-refractivity contribution < 1.29 is 9.66 Å². The number of halogens is 2. The zero-order valence-corrected chi connectivity index (χ0v) is 9.40. The molecule has 0 aromatic heterocycles. The van der Waals surface area contributed by atoms with Gasteiger partial charge in [0.15, 0.2) is 5.38 Å². The van der Waals surface area contributed by atoms with E-state index in [9.17, 15) is 10.1 Å². The Morgan fingerprint density at radius 1 is 1.62 bits per heavy atom. The fourth-order valence-electron chi connectivity index (χ4n) is 0.916. The van der Waals surface area contributed by atoms with E-state index in [2.05, 4.69) is 0 Å². The summed E-state index contributed by atoms with van der Waals surface area (Å²) in [5.74, 6) is 0.136. The second-order valence-electron chi connectivity index (χ2n) is 2.78. The third-order valence-electron chi connectivity index (χ3n) is 1.65. The molecule has 0 spiro atoms. The van der Waals surface area contributed by atoms with E-state index in [1.54, 1.807) is 6.07 Å². The Bertz CT molecular complexity index is 445. The predicted octanol–water partition coefficient (Wildman–Crippen LogP) is 2.76. The molecule has 5 nitrogen and oxygen atoms in total. The van der Waals surface area contributed by atoms with Crippen LogP contribution in [0.5, 0.6) is 5.75 Å². The van der Waals surface area contributed by atoms with E-state index in [-0.39, 0.29) is 23.1 Å². The van der Waals surface area contributed by atoms with Crippen molar-refractivity contribution in [3.63, 3.8) is 0 Å². The zero-order chi connectivity index (χ0) is 12.1. The minimum Gasteiger partial charge on any atom is -0.489 e. The van der Waals surface area contributed by atoms with Gasteiger partial charge in [0.2, 0.25) is 0 Å². The number of benzene rings is 1. The maximum Gasteiger partial charge on any atom is 0.273 e. The first-order chi connectivity index (χ1) is 7.54. The second-order valence-corrected chi connectivity index (χ2v) is 3.71. The number of alkyl halides is 1. The van der Waals surface area contributed by atoms with Crippen LogP contribution in [0.3, 0.4) is 0 Å². The summed E-state index contributed by atoms with van der Waals surface area (Å²) in [6, 6.07) is 5.55. The average Bonchev–Trinajstić information content (AvgIpc) is 2.27. The van der Waals surface area contributed by atoms with Gasteiger partial charge in [-0.25, -0.2) is 0 Å². The Balaban J connectivity index is 2.83. The van der Waals surface area contributed by atoms with Crippen LogP contribution in [0.15, 0.2) is 18.2 Å². The van der Waals surface area contributed by atoms with Crippen molar-refractivity contribution in [3.05, 3.63) is 33.3 Å². The first-order valence-electron chi connectivity index (χ1n) is 4.15. The number of non-ortho nitro benzene ring substituents is 1. The lowest BCUT2D eigenvalue weighted by Gasteiger charge is -2.07. The summed E-state index contributed by atoms with van der Waals surface area (Å²) < 4.78 is 5.09. The monoisotopic (exact) mass is 260 g/mol. The predicted molar refractivity (Wildman–Crippen MR) is 58.9 cm³/mol. The lowest BCUT2D eigenvalue weighted by molar-refractivity contribution is -0.384. The van der Waals surface area contributed by atoms with Crippen molar-refractivity contribution in [1.29, 1.82) is 5.26 Å². The molecule has 0 radical (unpaired) electrons. The highest BCUT2D eigenvalue weighted by atomic mass is 35.5. The SMILES string of the molecule is N#CC(Cl)COc1cc([N+](=O)[O-])ccc1Cl. The largest absolute Gasteiger partial charge is 0.489 e. The maximum absolute atomic E-state index is 10.5. The van der Waals surface area contributed by atoms with Gasteiger partial charge in [0.05, 0.1) is 22.1 Å². The van der Waals surface area contributed by atoms with Crippen LogP contribution in [0.4, 0.5) is 5.69 Å². The molecule has 1 atom stereocenters. The summed E-state index contributed by atoms with van der Waals surface area (Å²) in [5, 5.41) is 18.3. The molecule has 7 heteroatoms. The molecule has 0 saturated carbocycles. The molecular formula is C9H6Cl2N2O3. The standard InChI is InChI=1S/C9H6Cl2N2O3/c10-6(4-12)5-16-9-3-7(13(14)15)1-2-8(9)11/h1-3,6H,5H2. The van der Waals surface area contributed by atoms with E-state index in [0.717, 1.165) is 0 Å². The number of nitriles is 1.